The fourth-order valence-electron chi connectivity index (χ4n) is 11.3. The molecule has 1 amide bonds. The van der Waals surface area contributed by atoms with Crippen molar-refractivity contribution in [2.45, 2.75) is 121 Å². The van der Waals surface area contributed by atoms with Crippen LogP contribution in [0.25, 0.3) is 39.0 Å². The van der Waals surface area contributed by atoms with Gasteiger partial charge in [0.05, 0.1) is 41.0 Å². The van der Waals surface area contributed by atoms with E-state index in [9.17, 15) is 10.0 Å². The molecule has 4 aromatic heterocycles. The molecular weight excluding hydrogens is 843 g/mol. The van der Waals surface area contributed by atoms with Crippen molar-refractivity contribution in [1.29, 1.82) is 0 Å². The minimum Gasteiger partial charge on any atom is -0.409 e. The van der Waals surface area contributed by atoms with E-state index >= 15 is 13.6 Å². The molecule has 6 heterocycles. The van der Waals surface area contributed by atoms with Crippen LogP contribution in [-0.4, -0.2) is 73.9 Å². The first-order chi connectivity index (χ1) is 31.6. The lowest BCUT2D eigenvalue weighted by molar-refractivity contribution is -0.0592. The molecule has 3 N–H and O–H groups in total. The van der Waals surface area contributed by atoms with Gasteiger partial charge in [0, 0.05) is 58.9 Å². The summed E-state index contributed by atoms with van der Waals surface area (Å²) in [5, 5.41) is 24.8. The molecule has 340 valence electrons. The number of halogens is 2. The summed E-state index contributed by atoms with van der Waals surface area (Å²) in [7, 11) is 0. The van der Waals surface area contributed by atoms with E-state index in [4.69, 9.17) is 15.6 Å². The van der Waals surface area contributed by atoms with E-state index in [1.165, 1.54) is 20.8 Å². The van der Waals surface area contributed by atoms with Gasteiger partial charge in [0.25, 0.3) is 5.91 Å². The third-order valence-electron chi connectivity index (χ3n) is 15.3. The zero-order valence-electron chi connectivity index (χ0n) is 37.7. The van der Waals surface area contributed by atoms with Gasteiger partial charge in [-0.05, 0) is 145 Å². The minimum absolute atomic E-state index is 0.0464. The van der Waals surface area contributed by atoms with Crippen molar-refractivity contribution in [1.82, 2.24) is 38.2 Å². The number of imidazole rings is 1. The summed E-state index contributed by atoms with van der Waals surface area (Å²) in [6.07, 6.45) is 11.3. The maximum Gasteiger partial charge on any atom is 0.338 e. The summed E-state index contributed by atoms with van der Waals surface area (Å²) in [5.41, 5.74) is 10.5. The maximum absolute atomic E-state index is 15.9. The summed E-state index contributed by atoms with van der Waals surface area (Å²) in [6.45, 7) is 10.6. The molecule has 3 aliphatic carbocycles. The summed E-state index contributed by atoms with van der Waals surface area (Å²) in [4.78, 5) is 32.4. The Kier molecular flexibility index (Phi) is 8.67. The number of amidine groups is 1. The monoisotopic (exact) mass is 894 g/mol. The summed E-state index contributed by atoms with van der Waals surface area (Å²) < 4.78 is 45.5. The van der Waals surface area contributed by atoms with E-state index in [-0.39, 0.29) is 35.1 Å². The molecule has 14 nitrogen and oxygen atoms in total. The van der Waals surface area contributed by atoms with Crippen LogP contribution < -0.4 is 11.4 Å². The largest absolute Gasteiger partial charge is 0.409 e. The average molecular weight is 895 g/mol. The van der Waals surface area contributed by atoms with Crippen LogP contribution in [0.5, 0.6) is 0 Å². The quantitative estimate of drug-likeness (QED) is 0.0671. The van der Waals surface area contributed by atoms with Gasteiger partial charge in [-0.1, -0.05) is 11.2 Å². The molecule has 0 unspecified atom stereocenters. The summed E-state index contributed by atoms with van der Waals surface area (Å²) in [5.74, 6) is -0.278. The Morgan fingerprint density at radius 1 is 0.939 bits per heavy atom. The Labute approximate surface area is 378 Å². The number of ether oxygens (including phenoxy) is 1. The smallest absolute Gasteiger partial charge is 0.338 e. The number of nitrogens with two attached hydrogens (primary N) is 1. The van der Waals surface area contributed by atoms with Gasteiger partial charge in [0.2, 0.25) is 0 Å². The number of amides is 1. The fourth-order valence-corrected chi connectivity index (χ4v) is 11.3. The number of hydrogen-bond acceptors (Lipinski definition) is 7. The van der Waals surface area contributed by atoms with E-state index in [0.29, 0.717) is 76.5 Å². The Hall–Kier alpha value is -6.55. The molecule has 2 aliphatic heterocycles. The van der Waals surface area contributed by atoms with E-state index in [1.807, 2.05) is 22.5 Å². The van der Waals surface area contributed by atoms with Crippen molar-refractivity contribution in [3.8, 4) is 17.2 Å². The minimum atomic E-state index is -0.880. The number of aromatic nitrogens is 7. The highest BCUT2D eigenvalue weighted by Gasteiger charge is 2.57. The number of nitrogens with zero attached hydrogens (tertiary/aromatic N) is 9. The van der Waals surface area contributed by atoms with Crippen LogP contribution in [0, 0.1) is 25.5 Å². The number of fused-ring (bicyclic) bond motifs is 4. The molecule has 0 radical (unpaired) electrons. The second-order valence-electron chi connectivity index (χ2n) is 20.3. The second-order valence-corrected chi connectivity index (χ2v) is 20.3. The third kappa shape index (κ3) is 6.02. The van der Waals surface area contributed by atoms with Gasteiger partial charge < -0.3 is 25.1 Å². The third-order valence-corrected chi connectivity index (χ3v) is 15.3. The van der Waals surface area contributed by atoms with Crippen LogP contribution in [-0.2, 0) is 15.7 Å². The lowest BCUT2D eigenvalue weighted by Gasteiger charge is -2.38. The molecule has 16 heteroatoms. The first-order valence-electron chi connectivity index (χ1n) is 23.1. The molecule has 1 saturated heterocycles. The molecule has 7 aromatic rings. The number of carbonyl (C=O) groups excluding carboxylic acids is 1. The van der Waals surface area contributed by atoms with Crippen molar-refractivity contribution >= 4 is 33.5 Å². The van der Waals surface area contributed by atoms with Gasteiger partial charge in [-0.2, -0.15) is 10.2 Å². The van der Waals surface area contributed by atoms with Gasteiger partial charge in [-0.15, -0.1) is 0 Å². The molecule has 2 atom stereocenters. The number of carbonyl (C=O) groups is 1. The van der Waals surface area contributed by atoms with Crippen LogP contribution >= 0.6 is 0 Å². The molecule has 3 aromatic carbocycles. The lowest BCUT2D eigenvalue weighted by Crippen LogP contribution is -2.46. The van der Waals surface area contributed by atoms with Crippen molar-refractivity contribution < 1.29 is 23.5 Å². The molecule has 3 saturated carbocycles. The number of aryl methyl sites for hydroxylation is 2. The van der Waals surface area contributed by atoms with E-state index in [1.54, 1.807) is 60.0 Å². The SMILES string of the molecule is Cc1cc(-n2nc3c(c2-n2ccn(-c4cc(F)c5c(cnn5C5CC5)c4)c2=O)[C@H](C)N(C(=O)c2cc4cc([C@H]5CCOC(C)(C)C5)ccc4n2C2(/C(N)=N/O)CC2)CC32CC2)cc(C)c1F. The molecule has 0 bridgehead atoms. The molecule has 4 fully saturated rings. The van der Waals surface area contributed by atoms with E-state index in [2.05, 4.69) is 42.3 Å². The lowest BCUT2D eigenvalue weighted by atomic mass is 9.83. The van der Waals surface area contributed by atoms with Crippen LogP contribution in [0.4, 0.5) is 8.78 Å². The van der Waals surface area contributed by atoms with Crippen LogP contribution in [0.3, 0.4) is 0 Å². The first-order valence-corrected chi connectivity index (χ1v) is 23.1. The fraction of sp³-hybridized carbons (Fsp3) is 0.420. The normalized spacial score (nSPS) is 21.8. The van der Waals surface area contributed by atoms with Crippen molar-refractivity contribution in [3.05, 3.63) is 123 Å². The van der Waals surface area contributed by atoms with Crippen molar-refractivity contribution in [2.24, 2.45) is 10.9 Å². The van der Waals surface area contributed by atoms with E-state index in [0.717, 1.165) is 55.1 Å². The van der Waals surface area contributed by atoms with Crippen LogP contribution in [0.1, 0.15) is 129 Å². The van der Waals surface area contributed by atoms with Gasteiger partial charge >= 0.3 is 5.69 Å². The topological polar surface area (TPSA) is 156 Å². The molecule has 66 heavy (non-hydrogen) atoms. The second kappa shape index (κ2) is 14.0. The Balaban J connectivity index is 1.01. The molecule has 1 spiro atoms. The standard InChI is InChI=1S/C50H52F2N10O4/c1-27-18-36(19-28(2)41(27)52)62-44(58-16-15-57(47(58)64)35-21-33-25-54-61(34-7-8-34)42(33)37(51)23-35)40-29(3)59(26-49(11-12-49)43(40)55-62)45(63)39-22-32-20-30(31-10-17-66-48(4,5)24-31)6-9-38(32)60(39)50(13-14-50)46(53)56-65/h6,9,15-16,18-23,25,29,31,34,65H,7-8,10-14,17,24,26H2,1-5H3,(H2,53,56)/t29-,31-/m0/s1. The van der Waals surface area contributed by atoms with Gasteiger partial charge in [-0.25, -0.2) is 18.3 Å². The summed E-state index contributed by atoms with van der Waals surface area (Å²) >= 11 is 0. The highest BCUT2D eigenvalue weighted by atomic mass is 19.1. The van der Waals surface area contributed by atoms with Gasteiger partial charge in [0.1, 0.15) is 28.4 Å². The number of rotatable bonds is 8. The van der Waals surface area contributed by atoms with Gasteiger partial charge in [0.15, 0.2) is 11.7 Å². The summed E-state index contributed by atoms with van der Waals surface area (Å²) in [6, 6.07) is 14.5. The number of benzene rings is 3. The average Bonchev–Trinajstić information content (AvgIpc) is 4.26. The first kappa shape index (κ1) is 40.9. The Morgan fingerprint density at radius 3 is 2.36 bits per heavy atom. The highest BCUT2D eigenvalue weighted by Crippen LogP contribution is 2.56. The van der Waals surface area contributed by atoms with Gasteiger partial charge in [-0.3, -0.25) is 18.6 Å². The predicted molar refractivity (Wildman–Crippen MR) is 244 cm³/mol. The van der Waals surface area contributed by atoms with Crippen LogP contribution in [0.15, 0.2) is 77.1 Å². The van der Waals surface area contributed by atoms with Crippen molar-refractivity contribution in [3.63, 3.8) is 0 Å². The van der Waals surface area contributed by atoms with Crippen molar-refractivity contribution in [2.75, 3.05) is 13.2 Å². The zero-order chi connectivity index (χ0) is 45.8. The maximum atomic E-state index is 15.9. The number of hydrogen-bond donors (Lipinski definition) is 2. The Morgan fingerprint density at radius 2 is 1.68 bits per heavy atom. The van der Waals surface area contributed by atoms with Crippen LogP contribution in [0.2, 0.25) is 0 Å². The zero-order valence-corrected chi connectivity index (χ0v) is 37.7. The predicted octanol–water partition coefficient (Wildman–Crippen LogP) is 8.50. The molecule has 12 rings (SSSR count). The molecule has 5 aliphatic rings. The molecular formula is C50H52F2N10O4. The Bertz CT molecular complexity index is 3280. The van der Waals surface area contributed by atoms with E-state index < -0.39 is 28.5 Å². The number of oxime groups is 1. The highest BCUT2D eigenvalue weighted by molar-refractivity contribution is 6.02.